The minimum absolute atomic E-state index is 0.316. The molecule has 5 atom stereocenters. The Morgan fingerprint density at radius 1 is 1.42 bits per heavy atom. The Hall–Kier alpha value is -1.66. The van der Waals surface area contributed by atoms with Crippen LogP contribution in [0.25, 0.3) is 0 Å². The van der Waals surface area contributed by atoms with Crippen molar-refractivity contribution >= 4 is 28.9 Å². The van der Waals surface area contributed by atoms with E-state index in [9.17, 15) is 4.79 Å². The van der Waals surface area contributed by atoms with Gasteiger partial charge >= 0.3 is 0 Å². The van der Waals surface area contributed by atoms with Crippen LogP contribution in [0.15, 0.2) is 6.07 Å². The molecule has 3 heterocycles. The average Bonchev–Trinajstić information content (AvgIpc) is 2.81. The molecule has 2 bridgehead atoms. The molecule has 4 rings (SSSR count). The second-order valence-electron chi connectivity index (χ2n) is 7.86. The fourth-order valence-electron chi connectivity index (χ4n) is 4.82. The van der Waals surface area contributed by atoms with Crippen LogP contribution in [-0.4, -0.2) is 42.6 Å². The molecule has 5 unspecified atom stereocenters. The molecule has 142 valence electrons. The predicted molar refractivity (Wildman–Crippen MR) is 104 cm³/mol. The summed E-state index contributed by atoms with van der Waals surface area (Å²) in [4.78, 5) is 14.3. The van der Waals surface area contributed by atoms with Gasteiger partial charge in [0.05, 0.1) is 10.7 Å². The fraction of sp³-hybridized carbons (Fsp3) is 0.632. The van der Waals surface area contributed by atoms with Gasteiger partial charge < -0.3 is 21.5 Å². The summed E-state index contributed by atoms with van der Waals surface area (Å²) >= 11 is 6.45. The zero-order valence-corrected chi connectivity index (χ0v) is 15.9. The molecule has 1 aromatic carbocycles. The lowest BCUT2D eigenvalue weighted by molar-refractivity contribution is -0.124. The zero-order chi connectivity index (χ0) is 18.4. The molecule has 7 heteroatoms. The lowest BCUT2D eigenvalue weighted by Gasteiger charge is -2.47. The first-order chi connectivity index (χ1) is 12.5. The van der Waals surface area contributed by atoms with E-state index in [2.05, 4.69) is 17.1 Å². The summed E-state index contributed by atoms with van der Waals surface area (Å²) in [5.74, 6) is 1.21. The summed E-state index contributed by atoms with van der Waals surface area (Å²) in [5, 5.41) is 3.84. The minimum atomic E-state index is -0.648. The number of ether oxygens (including phenoxy) is 1. The van der Waals surface area contributed by atoms with Crippen molar-refractivity contribution in [3.8, 4) is 5.75 Å². The van der Waals surface area contributed by atoms with Crippen molar-refractivity contribution in [3.63, 3.8) is 0 Å². The van der Waals surface area contributed by atoms with Gasteiger partial charge in [-0.25, -0.2) is 0 Å². The van der Waals surface area contributed by atoms with E-state index in [1.165, 1.54) is 12.8 Å². The van der Waals surface area contributed by atoms with Crippen molar-refractivity contribution in [3.05, 3.63) is 16.7 Å². The van der Waals surface area contributed by atoms with Gasteiger partial charge in [0.15, 0.2) is 6.10 Å². The molecule has 0 radical (unpaired) electrons. The number of benzene rings is 1. The SMILES string of the molecule is CC1C2CCCN1CC(c1cc(Cl)c(N)c3c1OC(C(N)=O)CCN3)C2. The molecule has 0 aromatic heterocycles. The van der Waals surface area contributed by atoms with Crippen molar-refractivity contribution in [1.82, 2.24) is 4.90 Å². The van der Waals surface area contributed by atoms with E-state index < -0.39 is 12.0 Å². The summed E-state index contributed by atoms with van der Waals surface area (Å²) in [6.45, 7) is 5.02. The number of nitrogen functional groups attached to an aromatic ring is 1. The largest absolute Gasteiger partial charge is 0.478 e. The number of carbonyl (C=O) groups excluding carboxylic acids is 1. The van der Waals surface area contributed by atoms with Gasteiger partial charge in [0.25, 0.3) is 5.91 Å². The number of rotatable bonds is 2. The minimum Gasteiger partial charge on any atom is -0.478 e. The topological polar surface area (TPSA) is 93.6 Å². The van der Waals surface area contributed by atoms with Crippen LogP contribution in [0, 0.1) is 5.92 Å². The molecular weight excluding hydrogens is 352 g/mol. The van der Waals surface area contributed by atoms with Gasteiger partial charge in [0.2, 0.25) is 0 Å². The van der Waals surface area contributed by atoms with Gasteiger partial charge in [-0.3, -0.25) is 9.69 Å². The second kappa shape index (κ2) is 6.82. The van der Waals surface area contributed by atoms with Crippen LogP contribution in [0.3, 0.4) is 0 Å². The third kappa shape index (κ3) is 2.99. The molecule has 26 heavy (non-hydrogen) atoms. The highest BCUT2D eigenvalue weighted by Gasteiger charge is 2.39. The normalized spacial score (nSPS) is 33.4. The number of carbonyl (C=O) groups is 1. The van der Waals surface area contributed by atoms with Crippen molar-refractivity contribution in [2.24, 2.45) is 11.7 Å². The van der Waals surface area contributed by atoms with Crippen LogP contribution in [-0.2, 0) is 4.79 Å². The second-order valence-corrected chi connectivity index (χ2v) is 8.27. The lowest BCUT2D eigenvalue weighted by atomic mass is 9.75. The lowest BCUT2D eigenvalue weighted by Crippen LogP contribution is -2.50. The number of hydrogen-bond donors (Lipinski definition) is 3. The molecule has 5 N–H and O–H groups in total. The molecule has 6 nitrogen and oxygen atoms in total. The van der Waals surface area contributed by atoms with Crippen LogP contribution in [0.4, 0.5) is 11.4 Å². The highest BCUT2D eigenvalue weighted by molar-refractivity contribution is 6.34. The van der Waals surface area contributed by atoms with E-state index in [1.54, 1.807) is 0 Å². The average molecular weight is 379 g/mol. The van der Waals surface area contributed by atoms with Gasteiger partial charge in [-0.1, -0.05) is 11.6 Å². The zero-order valence-electron chi connectivity index (χ0n) is 15.1. The van der Waals surface area contributed by atoms with Crippen LogP contribution >= 0.6 is 11.6 Å². The maximum Gasteiger partial charge on any atom is 0.258 e. The summed E-state index contributed by atoms with van der Waals surface area (Å²) in [6, 6.07) is 2.55. The number of fused-ring (bicyclic) bond motifs is 3. The van der Waals surface area contributed by atoms with Gasteiger partial charge in [-0.05, 0) is 44.7 Å². The third-order valence-electron chi connectivity index (χ3n) is 6.34. The number of hydrogen-bond acceptors (Lipinski definition) is 5. The molecule has 0 spiro atoms. The Morgan fingerprint density at radius 2 is 2.23 bits per heavy atom. The summed E-state index contributed by atoms with van der Waals surface area (Å²) < 4.78 is 6.09. The molecule has 3 aliphatic heterocycles. The van der Waals surface area contributed by atoms with E-state index in [-0.39, 0.29) is 0 Å². The Balaban J connectivity index is 1.74. The number of primary amides is 1. The van der Waals surface area contributed by atoms with E-state index in [0.717, 1.165) is 25.1 Å². The van der Waals surface area contributed by atoms with Crippen molar-refractivity contribution in [2.45, 2.75) is 50.7 Å². The Morgan fingerprint density at radius 3 is 2.96 bits per heavy atom. The Bertz CT molecular complexity index is 712. The number of halogens is 1. The van der Waals surface area contributed by atoms with Gasteiger partial charge in [-0.15, -0.1) is 0 Å². The van der Waals surface area contributed by atoms with E-state index >= 15 is 0 Å². The molecule has 0 saturated carbocycles. The monoisotopic (exact) mass is 378 g/mol. The molecule has 2 saturated heterocycles. The van der Waals surface area contributed by atoms with E-state index in [0.29, 0.717) is 53.0 Å². The summed E-state index contributed by atoms with van der Waals surface area (Å²) in [5.41, 5.74) is 14.0. The fourth-order valence-corrected chi connectivity index (χ4v) is 5.03. The Kier molecular flexibility index (Phi) is 4.65. The first-order valence-electron chi connectivity index (χ1n) is 9.51. The first-order valence-corrected chi connectivity index (χ1v) is 9.89. The summed E-state index contributed by atoms with van der Waals surface area (Å²) in [7, 11) is 0. The number of piperidine rings is 2. The molecule has 2 fully saturated rings. The maximum absolute atomic E-state index is 11.8. The van der Waals surface area contributed by atoms with E-state index in [4.69, 9.17) is 27.8 Å². The third-order valence-corrected chi connectivity index (χ3v) is 6.66. The van der Waals surface area contributed by atoms with Crippen molar-refractivity contribution in [2.75, 3.05) is 30.7 Å². The molecular formula is C19H27ClN4O2. The Labute approximate surface area is 159 Å². The van der Waals surface area contributed by atoms with Crippen LogP contribution in [0.5, 0.6) is 5.75 Å². The van der Waals surface area contributed by atoms with Crippen molar-refractivity contribution < 1.29 is 9.53 Å². The highest BCUT2D eigenvalue weighted by Crippen LogP contribution is 2.48. The maximum atomic E-state index is 11.8. The van der Waals surface area contributed by atoms with Crippen LogP contribution in [0.1, 0.15) is 44.1 Å². The van der Waals surface area contributed by atoms with E-state index in [1.807, 2.05) is 6.07 Å². The number of amides is 1. The van der Waals surface area contributed by atoms with Gasteiger partial charge in [0, 0.05) is 37.0 Å². The standard InChI is InChI=1S/C19H27ClN4O2/c1-10-11-3-2-6-24(10)9-12(7-11)13-8-14(20)16(21)17-18(13)26-15(19(22)25)4-5-23-17/h8,10-12,15,23H,2-7,9,21H2,1H3,(H2,22,25). The van der Waals surface area contributed by atoms with Crippen LogP contribution < -0.4 is 21.5 Å². The molecule has 1 aromatic rings. The number of nitrogens with two attached hydrogens (primary N) is 2. The van der Waals surface area contributed by atoms with Gasteiger partial charge in [-0.2, -0.15) is 0 Å². The smallest absolute Gasteiger partial charge is 0.258 e. The van der Waals surface area contributed by atoms with Crippen molar-refractivity contribution in [1.29, 1.82) is 0 Å². The number of nitrogens with zero attached hydrogens (tertiary/aromatic N) is 1. The van der Waals surface area contributed by atoms with Gasteiger partial charge in [0.1, 0.15) is 11.4 Å². The predicted octanol–water partition coefficient (Wildman–Crippen LogP) is 2.56. The quantitative estimate of drug-likeness (QED) is 0.687. The highest BCUT2D eigenvalue weighted by atomic mass is 35.5. The summed E-state index contributed by atoms with van der Waals surface area (Å²) in [6.07, 6.45) is 3.50. The van der Waals surface area contributed by atoms with Crippen LogP contribution in [0.2, 0.25) is 5.02 Å². The molecule has 0 aliphatic carbocycles. The molecule has 1 amide bonds. The number of nitrogens with one attached hydrogen (secondary N) is 1. The number of anilines is 2. The molecule has 3 aliphatic rings. The first kappa shape index (κ1) is 17.7.